The van der Waals surface area contributed by atoms with Gasteiger partial charge in [-0.1, -0.05) is 6.08 Å². The Morgan fingerprint density at radius 2 is 2.42 bits per heavy atom. The van der Waals surface area contributed by atoms with Crippen molar-refractivity contribution in [3.8, 4) is 0 Å². The van der Waals surface area contributed by atoms with Gasteiger partial charge in [-0.2, -0.15) is 0 Å². The van der Waals surface area contributed by atoms with Crippen LogP contribution in [0.2, 0.25) is 0 Å². The Morgan fingerprint density at radius 1 is 1.58 bits per heavy atom. The second-order valence-electron chi connectivity index (χ2n) is 3.45. The molecule has 0 aromatic heterocycles. The van der Waals surface area contributed by atoms with E-state index in [9.17, 15) is 0 Å². The molecule has 2 rings (SSSR count). The van der Waals surface area contributed by atoms with Crippen LogP contribution in [0.15, 0.2) is 17.1 Å². The first-order valence-corrected chi connectivity index (χ1v) is 4.71. The molecule has 66 valence electrons. The number of allylic oxidation sites excluding steroid dienone is 2. The first-order chi connectivity index (χ1) is 5.90. The van der Waals surface area contributed by atoms with E-state index in [1.54, 1.807) is 0 Å². The number of epoxide rings is 1. The number of hydrogen-bond donors (Lipinski definition) is 0. The van der Waals surface area contributed by atoms with Crippen LogP contribution in [0, 0.1) is 0 Å². The minimum atomic E-state index is 0.450. The van der Waals surface area contributed by atoms with E-state index in [1.807, 2.05) is 6.92 Å². The summed E-state index contributed by atoms with van der Waals surface area (Å²) < 4.78 is 5.24. The number of aliphatic imine (C=N–C) groups is 1. The fourth-order valence-corrected chi connectivity index (χ4v) is 1.70. The highest BCUT2D eigenvalue weighted by atomic mass is 16.6. The van der Waals surface area contributed by atoms with Crippen molar-refractivity contribution in [2.45, 2.75) is 38.3 Å². The van der Waals surface area contributed by atoms with Gasteiger partial charge in [-0.05, 0) is 32.3 Å². The molecule has 2 aliphatic rings. The molecule has 2 nitrogen and oxygen atoms in total. The number of nitrogens with zero attached hydrogens (tertiary/aromatic N) is 1. The molecule has 0 aliphatic carbocycles. The zero-order chi connectivity index (χ0) is 8.39. The van der Waals surface area contributed by atoms with Crippen molar-refractivity contribution in [1.29, 1.82) is 0 Å². The van der Waals surface area contributed by atoms with Crippen molar-refractivity contribution in [2.24, 2.45) is 4.99 Å². The summed E-state index contributed by atoms with van der Waals surface area (Å²) >= 11 is 0. The Morgan fingerprint density at radius 3 is 3.08 bits per heavy atom. The Kier molecular flexibility index (Phi) is 2.26. The van der Waals surface area contributed by atoms with E-state index in [4.69, 9.17) is 4.74 Å². The zero-order valence-corrected chi connectivity index (χ0v) is 7.49. The molecule has 0 amide bonds. The first-order valence-electron chi connectivity index (χ1n) is 4.71. The summed E-state index contributed by atoms with van der Waals surface area (Å²) in [5.41, 5.74) is 1.25. The highest BCUT2D eigenvalue weighted by molar-refractivity contribution is 5.95. The Balaban J connectivity index is 2.02. The number of rotatable bonds is 2. The summed E-state index contributed by atoms with van der Waals surface area (Å²) in [4.78, 5) is 4.64. The summed E-state index contributed by atoms with van der Waals surface area (Å²) in [5, 5.41) is 0. The molecule has 0 spiro atoms. The van der Waals surface area contributed by atoms with Crippen molar-refractivity contribution in [3.05, 3.63) is 12.2 Å². The van der Waals surface area contributed by atoms with E-state index in [-0.39, 0.29) is 0 Å². The minimum Gasteiger partial charge on any atom is -0.371 e. The summed E-state index contributed by atoms with van der Waals surface area (Å²) in [6.07, 6.45) is 8.27. The molecule has 0 bridgehead atoms. The lowest BCUT2D eigenvalue weighted by molar-refractivity contribution is 0.359. The van der Waals surface area contributed by atoms with E-state index in [2.05, 4.69) is 17.1 Å². The third-order valence-electron chi connectivity index (χ3n) is 2.41. The normalized spacial score (nSPS) is 35.2. The monoisotopic (exact) mass is 165 g/mol. The smallest absolute Gasteiger partial charge is 0.103 e. The fourth-order valence-electron chi connectivity index (χ4n) is 1.70. The maximum atomic E-state index is 5.24. The minimum absolute atomic E-state index is 0.450. The summed E-state index contributed by atoms with van der Waals surface area (Å²) in [6.45, 7) is 2.97. The molecule has 0 aromatic carbocycles. The molecule has 2 unspecified atom stereocenters. The van der Waals surface area contributed by atoms with Crippen LogP contribution in [-0.2, 0) is 4.74 Å². The SMILES string of the molecule is C/C=C/C1=NC(C2CO2)CCC1. The molecular weight excluding hydrogens is 150 g/mol. The van der Waals surface area contributed by atoms with Gasteiger partial charge in [-0.25, -0.2) is 0 Å². The Hall–Kier alpha value is -0.630. The van der Waals surface area contributed by atoms with Crippen molar-refractivity contribution in [1.82, 2.24) is 0 Å². The predicted octanol–water partition coefficient (Wildman–Crippen LogP) is 1.95. The molecule has 1 fully saturated rings. The van der Waals surface area contributed by atoms with Gasteiger partial charge in [0.05, 0.1) is 12.6 Å². The van der Waals surface area contributed by atoms with Gasteiger partial charge in [0.1, 0.15) is 6.10 Å². The van der Waals surface area contributed by atoms with Crippen molar-refractivity contribution in [3.63, 3.8) is 0 Å². The molecule has 2 aliphatic heterocycles. The molecular formula is C10H15NO. The average molecular weight is 165 g/mol. The zero-order valence-electron chi connectivity index (χ0n) is 7.49. The molecule has 12 heavy (non-hydrogen) atoms. The fraction of sp³-hybridized carbons (Fsp3) is 0.700. The first kappa shape index (κ1) is 7.99. The van der Waals surface area contributed by atoms with Crippen LogP contribution in [0.25, 0.3) is 0 Å². The third kappa shape index (κ3) is 1.75. The van der Waals surface area contributed by atoms with Gasteiger partial charge in [0.15, 0.2) is 0 Å². The lowest BCUT2D eigenvalue weighted by Gasteiger charge is -2.16. The highest BCUT2D eigenvalue weighted by Crippen LogP contribution is 2.25. The van der Waals surface area contributed by atoms with Crippen molar-refractivity contribution in [2.75, 3.05) is 6.61 Å². The third-order valence-corrected chi connectivity index (χ3v) is 2.41. The van der Waals surface area contributed by atoms with Crippen LogP contribution >= 0.6 is 0 Å². The van der Waals surface area contributed by atoms with Gasteiger partial charge in [-0.15, -0.1) is 0 Å². The molecule has 0 N–H and O–H groups in total. The topological polar surface area (TPSA) is 24.9 Å². The van der Waals surface area contributed by atoms with Crippen molar-refractivity contribution < 1.29 is 4.74 Å². The van der Waals surface area contributed by atoms with Crippen molar-refractivity contribution >= 4 is 5.71 Å². The van der Waals surface area contributed by atoms with Crippen LogP contribution in [0.1, 0.15) is 26.2 Å². The van der Waals surface area contributed by atoms with E-state index >= 15 is 0 Å². The molecule has 2 heterocycles. The van der Waals surface area contributed by atoms with Gasteiger partial charge >= 0.3 is 0 Å². The van der Waals surface area contributed by atoms with Gasteiger partial charge < -0.3 is 4.74 Å². The Labute approximate surface area is 73.3 Å². The van der Waals surface area contributed by atoms with E-state index in [0.717, 1.165) is 13.0 Å². The molecule has 2 atom stereocenters. The molecule has 0 saturated carbocycles. The summed E-state index contributed by atoms with van der Waals surface area (Å²) in [6, 6.07) is 0.463. The van der Waals surface area contributed by atoms with Crippen LogP contribution in [0.3, 0.4) is 0 Å². The maximum absolute atomic E-state index is 5.24. The predicted molar refractivity (Wildman–Crippen MR) is 49.6 cm³/mol. The van der Waals surface area contributed by atoms with E-state index in [0.29, 0.717) is 12.1 Å². The van der Waals surface area contributed by atoms with Crippen LogP contribution in [0.4, 0.5) is 0 Å². The lowest BCUT2D eigenvalue weighted by Crippen LogP contribution is -2.19. The van der Waals surface area contributed by atoms with Gasteiger partial charge in [0.2, 0.25) is 0 Å². The molecule has 0 radical (unpaired) electrons. The molecule has 1 saturated heterocycles. The van der Waals surface area contributed by atoms with Crippen LogP contribution in [0.5, 0.6) is 0 Å². The number of ether oxygens (including phenoxy) is 1. The van der Waals surface area contributed by atoms with Gasteiger partial charge in [-0.3, -0.25) is 4.99 Å². The summed E-state index contributed by atoms with van der Waals surface area (Å²) in [5.74, 6) is 0. The van der Waals surface area contributed by atoms with Gasteiger partial charge in [0, 0.05) is 5.71 Å². The van der Waals surface area contributed by atoms with Gasteiger partial charge in [0.25, 0.3) is 0 Å². The quantitative estimate of drug-likeness (QED) is 0.574. The second-order valence-corrected chi connectivity index (χ2v) is 3.45. The number of hydrogen-bond acceptors (Lipinski definition) is 2. The highest BCUT2D eigenvalue weighted by Gasteiger charge is 2.33. The lowest BCUT2D eigenvalue weighted by atomic mass is 10.0. The molecule has 2 heteroatoms. The summed E-state index contributed by atoms with van der Waals surface area (Å²) in [7, 11) is 0. The largest absolute Gasteiger partial charge is 0.371 e. The van der Waals surface area contributed by atoms with Crippen LogP contribution < -0.4 is 0 Å². The Bertz CT molecular complexity index is 216. The second kappa shape index (κ2) is 3.40. The van der Waals surface area contributed by atoms with E-state index in [1.165, 1.54) is 18.6 Å². The van der Waals surface area contributed by atoms with Crippen LogP contribution in [-0.4, -0.2) is 24.5 Å². The molecule has 0 aromatic rings. The van der Waals surface area contributed by atoms with E-state index < -0.39 is 0 Å². The maximum Gasteiger partial charge on any atom is 0.103 e. The average Bonchev–Trinajstić information content (AvgIpc) is 2.88. The standard InChI is InChI=1S/C10H15NO/c1-2-4-8-5-3-6-9(11-8)10-7-12-10/h2,4,9-10H,3,5-7H2,1H3/b4-2+.